The van der Waals surface area contributed by atoms with Crippen molar-refractivity contribution in [1.82, 2.24) is 25.2 Å². The van der Waals surface area contributed by atoms with Gasteiger partial charge >= 0.3 is 6.09 Å². The number of aromatic nitrogens is 1. The number of hydrogen-bond acceptors (Lipinski definition) is 9. The normalized spacial score (nSPS) is 30.6. The summed E-state index contributed by atoms with van der Waals surface area (Å²) < 4.78 is 38.9. The van der Waals surface area contributed by atoms with Crippen molar-refractivity contribution in [1.29, 1.82) is 0 Å². The number of nitrogens with zero attached hydrogens (tertiary/aromatic N) is 2. The molecule has 0 radical (unpaired) electrons. The quantitative estimate of drug-likeness (QED) is 0.303. The van der Waals surface area contributed by atoms with Gasteiger partial charge in [0.2, 0.25) is 27.7 Å². The number of ether oxygens (including phenoxy) is 2. The molecular weight excluding hydrogens is 702 g/mol. The predicted molar refractivity (Wildman–Crippen MR) is 188 cm³/mol. The van der Waals surface area contributed by atoms with Gasteiger partial charge in [-0.15, -0.1) is 0 Å². The molecule has 2 aliphatic carbocycles. The van der Waals surface area contributed by atoms with Gasteiger partial charge in [0.1, 0.15) is 29.5 Å². The average molecular weight is 746 g/mol. The summed E-state index contributed by atoms with van der Waals surface area (Å²) >= 11 is 6.56. The minimum Gasteiger partial charge on any atom is -0.497 e. The van der Waals surface area contributed by atoms with Gasteiger partial charge in [0, 0.05) is 29.9 Å². The predicted octanol–water partition coefficient (Wildman–Crippen LogP) is 3.77. The maximum absolute atomic E-state index is 14.3. The third kappa shape index (κ3) is 7.46. The van der Waals surface area contributed by atoms with E-state index in [1.54, 1.807) is 32.0 Å². The summed E-state index contributed by atoms with van der Waals surface area (Å²) in [5.41, 5.74) is -1.05. The molecule has 14 nitrogen and oxygen atoms in total. The number of carbonyl (C=O) groups excluding carboxylic acids is 3. The minimum atomic E-state index is -4.00. The van der Waals surface area contributed by atoms with Crippen LogP contribution in [0.25, 0.3) is 10.9 Å². The molecule has 2 saturated carbocycles. The van der Waals surface area contributed by atoms with E-state index in [2.05, 4.69) is 20.3 Å². The molecular formula is C35H44ClN5O9S. The summed E-state index contributed by atoms with van der Waals surface area (Å²) in [6, 6.07) is 4.40. The van der Waals surface area contributed by atoms with Crippen LogP contribution in [-0.2, 0) is 24.4 Å². The zero-order valence-electron chi connectivity index (χ0n) is 29.0. The van der Waals surface area contributed by atoms with Gasteiger partial charge in [0.25, 0.3) is 5.91 Å². The Bertz CT molecular complexity index is 1890. The number of pyridine rings is 1. The second-order valence-electron chi connectivity index (χ2n) is 14.7. The maximum atomic E-state index is 14.3. The highest BCUT2D eigenvalue weighted by Crippen LogP contribution is 2.47. The van der Waals surface area contributed by atoms with Crippen molar-refractivity contribution in [3.05, 3.63) is 41.4 Å². The molecule has 51 heavy (non-hydrogen) atoms. The fourth-order valence-electron chi connectivity index (χ4n) is 7.23. The average Bonchev–Trinajstić information content (AvgIpc) is 3.94. The van der Waals surface area contributed by atoms with E-state index in [0.717, 1.165) is 6.42 Å². The first-order valence-corrected chi connectivity index (χ1v) is 19.1. The third-order valence-electron chi connectivity index (χ3n) is 10.8. The van der Waals surface area contributed by atoms with Gasteiger partial charge in [0.05, 0.1) is 28.9 Å². The van der Waals surface area contributed by atoms with Crippen molar-refractivity contribution in [3.63, 3.8) is 0 Å². The van der Waals surface area contributed by atoms with Crippen LogP contribution in [0.15, 0.2) is 36.4 Å². The number of amides is 4. The van der Waals surface area contributed by atoms with Gasteiger partial charge in [-0.2, -0.15) is 0 Å². The van der Waals surface area contributed by atoms with E-state index in [1.165, 1.54) is 18.1 Å². The Labute approximate surface area is 301 Å². The summed E-state index contributed by atoms with van der Waals surface area (Å²) in [4.78, 5) is 60.1. The summed E-state index contributed by atoms with van der Waals surface area (Å²) in [5, 5.41) is 16.0. The number of halogens is 1. The number of nitrogens with one attached hydrogen (secondary N) is 3. The number of carbonyl (C=O) groups is 4. The second-order valence-corrected chi connectivity index (χ2v) is 17.3. The smallest absolute Gasteiger partial charge is 0.405 e. The Morgan fingerprint density at radius 3 is 2.59 bits per heavy atom. The number of benzene rings is 1. The molecule has 4 N–H and O–H groups in total. The van der Waals surface area contributed by atoms with E-state index in [4.69, 9.17) is 21.1 Å². The lowest BCUT2D eigenvalue weighted by Gasteiger charge is -2.32. The number of methoxy groups -OCH3 is 1. The highest BCUT2D eigenvalue weighted by Gasteiger charge is 2.63. The fourth-order valence-corrected chi connectivity index (χ4v) is 8.80. The molecule has 2 aromatic rings. The first kappa shape index (κ1) is 36.7. The maximum Gasteiger partial charge on any atom is 0.405 e. The van der Waals surface area contributed by atoms with E-state index in [0.29, 0.717) is 47.4 Å². The SMILES string of the molecule is COc1ccc2c(Cl)cc(O[C@@H]3C[C@H]4C(=O)N[C@]5(C(=O)NS(=O)(=O)C6(C)CC6)C[C@H]5C=CCC[C@@H](C)C[C@@H](C)[C@H](NC(=O)O)C(=O)N4C3)nc2c1. The number of hydrogen-bond donors (Lipinski definition) is 4. The van der Waals surface area contributed by atoms with E-state index in [-0.39, 0.29) is 31.2 Å². The lowest BCUT2D eigenvalue weighted by Crippen LogP contribution is -2.59. The topological polar surface area (TPSA) is 193 Å². The first-order chi connectivity index (χ1) is 24.1. The number of allylic oxidation sites excluding steroid dienone is 1. The van der Waals surface area contributed by atoms with Crippen LogP contribution < -0.4 is 24.8 Å². The number of fused-ring (bicyclic) bond motifs is 3. The highest BCUT2D eigenvalue weighted by molar-refractivity contribution is 7.91. The number of rotatable bonds is 7. The van der Waals surface area contributed by atoms with Crippen LogP contribution in [0.3, 0.4) is 0 Å². The van der Waals surface area contributed by atoms with Crippen molar-refractivity contribution in [3.8, 4) is 11.6 Å². The number of sulfonamides is 1. The lowest BCUT2D eigenvalue weighted by molar-refractivity contribution is -0.142. The van der Waals surface area contributed by atoms with Gasteiger partial charge in [-0.1, -0.05) is 37.6 Å². The zero-order valence-corrected chi connectivity index (χ0v) is 30.6. The monoisotopic (exact) mass is 745 g/mol. The molecule has 16 heteroatoms. The Morgan fingerprint density at radius 2 is 1.90 bits per heavy atom. The van der Waals surface area contributed by atoms with Crippen LogP contribution in [-0.4, -0.2) is 89.4 Å². The van der Waals surface area contributed by atoms with Crippen LogP contribution in [0.4, 0.5) is 4.79 Å². The van der Waals surface area contributed by atoms with Crippen molar-refractivity contribution < 1.29 is 42.2 Å². The molecule has 6 rings (SSSR count). The molecule has 0 bridgehead atoms. The van der Waals surface area contributed by atoms with Crippen molar-refractivity contribution in [2.45, 2.75) is 94.2 Å². The summed E-state index contributed by atoms with van der Waals surface area (Å²) in [6.45, 7) is 5.29. The standard InChI is InChI=1S/C35H44ClN5O9S/c1-19-7-5-6-8-21-17-35(21,32(44)40-51(47,48)34(3)11-12-34)39-30(42)27-15-23(18-41(27)31(43)29(20(2)13-19)38-33(45)46)50-28-16-25(36)24-10-9-22(49-4)14-26(24)37-28/h6,8-10,14,16,19-21,23,27,29,38H,5,7,11-13,15,17-18H2,1-4H3,(H,39,42)(H,40,44)(H,45,46)/t19-,20-,21-,23-,27+,29+,35-/m1/s1. The summed E-state index contributed by atoms with van der Waals surface area (Å²) in [5.74, 6) is -2.20. The first-order valence-electron chi connectivity index (χ1n) is 17.2. The molecule has 1 saturated heterocycles. The van der Waals surface area contributed by atoms with E-state index in [1.807, 2.05) is 19.1 Å². The molecule has 7 atom stereocenters. The zero-order chi connectivity index (χ0) is 36.9. The van der Waals surface area contributed by atoms with Crippen molar-refractivity contribution in [2.75, 3.05) is 13.7 Å². The van der Waals surface area contributed by atoms with Crippen molar-refractivity contribution in [2.24, 2.45) is 17.8 Å². The molecule has 0 unspecified atom stereocenters. The molecule has 3 heterocycles. The van der Waals surface area contributed by atoms with Gasteiger partial charge < -0.3 is 30.1 Å². The van der Waals surface area contributed by atoms with Gasteiger partial charge in [-0.25, -0.2) is 18.2 Å². The van der Waals surface area contributed by atoms with Crippen LogP contribution in [0.1, 0.15) is 65.7 Å². The molecule has 4 amide bonds. The van der Waals surface area contributed by atoms with Crippen LogP contribution in [0.2, 0.25) is 5.02 Å². The molecule has 1 aromatic carbocycles. The van der Waals surface area contributed by atoms with E-state index >= 15 is 0 Å². The van der Waals surface area contributed by atoms with Crippen molar-refractivity contribution >= 4 is 56.3 Å². The highest BCUT2D eigenvalue weighted by atomic mass is 35.5. The largest absolute Gasteiger partial charge is 0.497 e. The van der Waals surface area contributed by atoms with E-state index in [9.17, 15) is 32.7 Å². The van der Waals surface area contributed by atoms with Crippen LogP contribution >= 0.6 is 11.6 Å². The Balaban J connectivity index is 1.33. The Morgan fingerprint density at radius 1 is 1.16 bits per heavy atom. The molecule has 2 aliphatic heterocycles. The number of carboxylic acid groups (broad SMARTS) is 1. The fraction of sp³-hybridized carbons (Fsp3) is 0.571. The third-order valence-corrected chi connectivity index (χ3v) is 13.2. The molecule has 276 valence electrons. The lowest BCUT2D eigenvalue weighted by atomic mass is 9.88. The molecule has 4 aliphatic rings. The van der Waals surface area contributed by atoms with Crippen LogP contribution in [0, 0.1) is 17.8 Å². The molecule has 0 spiro atoms. The second kappa shape index (κ2) is 13.8. The van der Waals surface area contributed by atoms with Gasteiger partial charge in [-0.05, 0) is 69.4 Å². The van der Waals surface area contributed by atoms with Gasteiger partial charge in [-0.3, -0.25) is 19.1 Å². The molecule has 1 aromatic heterocycles. The van der Waals surface area contributed by atoms with E-state index < -0.39 is 74.1 Å². The molecule has 3 fully saturated rings. The van der Waals surface area contributed by atoms with Gasteiger partial charge in [0.15, 0.2) is 0 Å². The summed E-state index contributed by atoms with van der Waals surface area (Å²) in [6.07, 6.45) is 4.51. The van der Waals surface area contributed by atoms with Crippen LogP contribution in [0.5, 0.6) is 11.6 Å². The summed E-state index contributed by atoms with van der Waals surface area (Å²) in [7, 11) is -2.48. The Hall–Kier alpha value is -4.11. The minimum absolute atomic E-state index is 0.0217. The Kier molecular flexibility index (Phi) is 9.92.